The molecule has 0 saturated heterocycles. The van der Waals surface area contributed by atoms with E-state index in [0.717, 1.165) is 4.88 Å². The van der Waals surface area contributed by atoms with Crippen molar-refractivity contribution in [2.45, 2.75) is 6.42 Å². The van der Waals surface area contributed by atoms with Crippen LogP contribution in [-0.4, -0.2) is 30.2 Å². The van der Waals surface area contributed by atoms with Crippen LogP contribution in [0.2, 0.25) is 0 Å². The molecule has 0 aliphatic rings. The fourth-order valence-corrected chi connectivity index (χ4v) is 2.10. The molecule has 3 rings (SSSR count). The number of hydrogen-bond acceptors (Lipinski definition) is 6. The number of fused-ring (bicyclic) bond motifs is 1. The summed E-state index contributed by atoms with van der Waals surface area (Å²) >= 11 is 1.30. The molecule has 0 saturated carbocycles. The molecule has 0 atom stereocenters. The highest BCUT2D eigenvalue weighted by molar-refractivity contribution is 7.05. The molecule has 8 heteroatoms. The van der Waals surface area contributed by atoms with Crippen LogP contribution >= 0.6 is 11.5 Å². The van der Waals surface area contributed by atoms with Crippen LogP contribution in [0.4, 0.5) is 5.82 Å². The van der Waals surface area contributed by atoms with Gasteiger partial charge in [-0.3, -0.25) is 4.79 Å². The van der Waals surface area contributed by atoms with Crippen molar-refractivity contribution in [1.82, 2.24) is 24.3 Å². The number of imidazole rings is 1. The van der Waals surface area contributed by atoms with E-state index in [4.69, 9.17) is 0 Å². The monoisotopic (exact) mass is 260 g/mol. The molecule has 0 aliphatic carbocycles. The number of nitrogens with zero attached hydrogens (tertiary/aromatic N) is 4. The lowest BCUT2D eigenvalue weighted by atomic mass is 10.3. The Kier molecular flexibility index (Phi) is 2.69. The third kappa shape index (κ3) is 2.05. The highest BCUT2D eigenvalue weighted by atomic mass is 32.1. The third-order valence-electron chi connectivity index (χ3n) is 2.31. The summed E-state index contributed by atoms with van der Waals surface area (Å²) in [6.07, 6.45) is 4.83. The minimum absolute atomic E-state index is 0.145. The van der Waals surface area contributed by atoms with E-state index in [1.54, 1.807) is 6.20 Å². The van der Waals surface area contributed by atoms with Crippen molar-refractivity contribution in [1.29, 1.82) is 0 Å². The normalized spacial score (nSPS) is 10.7. The number of amides is 1. The predicted molar refractivity (Wildman–Crippen MR) is 66.1 cm³/mol. The Hall–Kier alpha value is -2.35. The Morgan fingerprint density at radius 1 is 1.39 bits per heavy atom. The van der Waals surface area contributed by atoms with Crippen LogP contribution in [0.15, 0.2) is 24.9 Å². The summed E-state index contributed by atoms with van der Waals surface area (Å²) in [7, 11) is 0. The van der Waals surface area contributed by atoms with Gasteiger partial charge < -0.3 is 10.3 Å². The first-order valence-electron chi connectivity index (χ1n) is 5.16. The first-order chi connectivity index (χ1) is 8.83. The van der Waals surface area contributed by atoms with Gasteiger partial charge in [-0.15, -0.1) is 0 Å². The molecule has 0 bridgehead atoms. The minimum Gasteiger partial charge on any atom is -0.340 e. The summed E-state index contributed by atoms with van der Waals surface area (Å²) in [5.41, 5.74) is 1.15. The van der Waals surface area contributed by atoms with Crippen molar-refractivity contribution in [3.63, 3.8) is 0 Å². The van der Waals surface area contributed by atoms with Gasteiger partial charge in [-0.05, 0) is 17.6 Å². The quantitative estimate of drug-likeness (QED) is 0.732. The summed E-state index contributed by atoms with van der Waals surface area (Å²) in [4.78, 5) is 27.6. The zero-order chi connectivity index (χ0) is 12.4. The molecule has 7 nitrogen and oxygen atoms in total. The number of H-pyrrole nitrogens is 1. The van der Waals surface area contributed by atoms with Crippen LogP contribution in [-0.2, 0) is 11.2 Å². The molecular formula is C10H8N6OS. The van der Waals surface area contributed by atoms with Crippen LogP contribution < -0.4 is 5.32 Å². The first kappa shape index (κ1) is 10.8. The lowest BCUT2D eigenvalue weighted by Gasteiger charge is -2.03. The lowest BCUT2D eigenvalue weighted by Crippen LogP contribution is -2.15. The Morgan fingerprint density at radius 3 is 3.17 bits per heavy atom. The fourth-order valence-electron chi connectivity index (χ4n) is 1.53. The van der Waals surface area contributed by atoms with Gasteiger partial charge in [-0.25, -0.2) is 19.3 Å². The number of aromatic amines is 1. The zero-order valence-electron chi connectivity index (χ0n) is 9.12. The van der Waals surface area contributed by atoms with E-state index in [0.29, 0.717) is 17.0 Å². The van der Waals surface area contributed by atoms with Gasteiger partial charge in [-0.2, -0.15) is 0 Å². The van der Waals surface area contributed by atoms with E-state index in [-0.39, 0.29) is 12.3 Å². The van der Waals surface area contributed by atoms with Crippen molar-refractivity contribution in [3.8, 4) is 0 Å². The molecule has 0 spiro atoms. The van der Waals surface area contributed by atoms with Gasteiger partial charge in [0, 0.05) is 11.1 Å². The van der Waals surface area contributed by atoms with E-state index in [1.807, 2.05) is 6.07 Å². The molecular weight excluding hydrogens is 252 g/mol. The SMILES string of the molecule is O=C(Cc1ccns1)Nc1ncnc2nc[nH]c12. The van der Waals surface area contributed by atoms with Gasteiger partial charge in [0.15, 0.2) is 11.5 Å². The topological polar surface area (TPSA) is 96.5 Å². The molecule has 0 radical (unpaired) electrons. The van der Waals surface area contributed by atoms with Crippen LogP contribution in [0.25, 0.3) is 11.2 Å². The number of hydrogen-bond donors (Lipinski definition) is 2. The molecule has 90 valence electrons. The second-order valence-corrected chi connectivity index (χ2v) is 4.44. The van der Waals surface area contributed by atoms with Crippen molar-refractivity contribution >= 4 is 34.4 Å². The molecule has 0 aliphatic heterocycles. The van der Waals surface area contributed by atoms with Crippen LogP contribution in [0.5, 0.6) is 0 Å². The van der Waals surface area contributed by atoms with Crippen molar-refractivity contribution in [2.24, 2.45) is 0 Å². The number of aromatic nitrogens is 5. The van der Waals surface area contributed by atoms with Crippen LogP contribution in [0.1, 0.15) is 4.88 Å². The highest BCUT2D eigenvalue weighted by Gasteiger charge is 2.10. The van der Waals surface area contributed by atoms with Crippen molar-refractivity contribution in [3.05, 3.63) is 29.8 Å². The summed E-state index contributed by atoms with van der Waals surface area (Å²) in [5.74, 6) is 0.292. The molecule has 2 N–H and O–H groups in total. The smallest absolute Gasteiger partial charge is 0.230 e. The number of rotatable bonds is 3. The first-order valence-corrected chi connectivity index (χ1v) is 5.94. The summed E-state index contributed by atoms with van der Waals surface area (Å²) in [6.45, 7) is 0. The molecule has 0 fully saturated rings. The number of nitrogens with one attached hydrogen (secondary N) is 2. The van der Waals surface area contributed by atoms with Gasteiger partial charge in [0.2, 0.25) is 5.91 Å². The largest absolute Gasteiger partial charge is 0.340 e. The molecule has 3 aromatic heterocycles. The second kappa shape index (κ2) is 4.49. The molecule has 0 unspecified atom stereocenters. The average molecular weight is 260 g/mol. The van der Waals surface area contributed by atoms with Crippen molar-refractivity contribution in [2.75, 3.05) is 5.32 Å². The number of carbonyl (C=O) groups is 1. The summed E-state index contributed by atoms with van der Waals surface area (Å²) in [6, 6.07) is 1.82. The van der Waals surface area contributed by atoms with Gasteiger partial charge in [0.05, 0.1) is 12.7 Å². The fraction of sp³-hybridized carbons (Fsp3) is 0.100. The maximum absolute atomic E-state index is 11.8. The molecule has 0 aromatic carbocycles. The molecule has 3 heterocycles. The van der Waals surface area contributed by atoms with E-state index in [1.165, 1.54) is 24.2 Å². The Labute approximate surface area is 105 Å². The van der Waals surface area contributed by atoms with Crippen LogP contribution in [0, 0.1) is 0 Å². The molecule has 3 aromatic rings. The number of anilines is 1. The summed E-state index contributed by atoms with van der Waals surface area (Å²) < 4.78 is 3.94. The van der Waals surface area contributed by atoms with Crippen molar-refractivity contribution < 1.29 is 4.79 Å². The average Bonchev–Trinajstić information content (AvgIpc) is 2.99. The Bertz CT molecular complexity index is 677. The van der Waals surface area contributed by atoms with Crippen LogP contribution in [0.3, 0.4) is 0 Å². The summed E-state index contributed by atoms with van der Waals surface area (Å²) in [5, 5.41) is 2.73. The standard InChI is InChI=1S/C10H8N6OS/c17-7(3-6-1-2-15-18-6)16-10-8-9(12-4-11-8)13-5-14-10/h1-2,4-5H,3H2,(H2,11,12,13,14,16,17). The third-order valence-corrected chi connectivity index (χ3v) is 3.05. The molecule has 18 heavy (non-hydrogen) atoms. The van der Waals surface area contributed by atoms with E-state index >= 15 is 0 Å². The van der Waals surface area contributed by atoms with Gasteiger partial charge in [-0.1, -0.05) is 0 Å². The zero-order valence-corrected chi connectivity index (χ0v) is 9.94. The highest BCUT2D eigenvalue weighted by Crippen LogP contribution is 2.15. The second-order valence-electron chi connectivity index (χ2n) is 3.53. The number of carbonyl (C=O) groups excluding carboxylic acids is 1. The Morgan fingerprint density at radius 2 is 2.33 bits per heavy atom. The van der Waals surface area contributed by atoms with Gasteiger partial charge in [0.25, 0.3) is 0 Å². The lowest BCUT2D eigenvalue weighted by molar-refractivity contribution is -0.115. The maximum Gasteiger partial charge on any atom is 0.230 e. The van der Waals surface area contributed by atoms with E-state index in [2.05, 4.69) is 29.6 Å². The van der Waals surface area contributed by atoms with Gasteiger partial charge in [0.1, 0.15) is 11.8 Å². The van der Waals surface area contributed by atoms with E-state index < -0.39 is 0 Å². The van der Waals surface area contributed by atoms with Gasteiger partial charge >= 0.3 is 0 Å². The minimum atomic E-state index is -0.145. The maximum atomic E-state index is 11.8. The Balaban J connectivity index is 1.80. The predicted octanol–water partition coefficient (Wildman–Crippen LogP) is 0.991. The van der Waals surface area contributed by atoms with E-state index in [9.17, 15) is 4.79 Å². The molecule has 1 amide bonds.